The fourth-order valence-electron chi connectivity index (χ4n) is 14.3. The third-order valence-corrected chi connectivity index (χ3v) is 21.4. The Morgan fingerprint density at radius 2 is 0.860 bits per heavy atom. The Morgan fingerprint density at radius 3 is 1.19 bits per heavy atom. The van der Waals surface area contributed by atoms with Gasteiger partial charge >= 0.3 is 7.12 Å². The van der Waals surface area contributed by atoms with Gasteiger partial charge in [-0.15, -0.1) is 6.58 Å². The third-order valence-electron chi connectivity index (χ3n) is 20.8. The van der Waals surface area contributed by atoms with Crippen molar-refractivity contribution in [3.63, 3.8) is 0 Å². The highest BCUT2D eigenvalue weighted by molar-refractivity contribution is 9.10. The molecule has 0 aliphatic carbocycles. The summed E-state index contributed by atoms with van der Waals surface area (Å²) in [5.74, 6) is 5.53. The fraction of sp³-hybridized carbons (Fsp3) is 0.228. The number of aliphatic hydroxyl groups is 1. The van der Waals surface area contributed by atoms with E-state index in [0.717, 1.165) is 80.6 Å². The number of anilines is 3. The first-order chi connectivity index (χ1) is 54.0. The molecule has 3 aromatic carbocycles. The van der Waals surface area contributed by atoms with Crippen LogP contribution >= 0.6 is 56.4 Å². The van der Waals surface area contributed by atoms with E-state index in [9.17, 15) is 30.2 Å². The third kappa shape index (κ3) is 14.2. The van der Waals surface area contributed by atoms with E-state index in [2.05, 4.69) is 107 Å². The number of rotatable bonds is 12. The SMILES string of the molecule is C=CB1OC(C)(C)C(C)(C)O1.C=Cc1ccn2nc([C@@H]3CCN3c3ncnc4[nH]cc(C#N)c34)n(-c3ccccc3)c(=O)c12.CCc1ccn2nc([C@@H]3CCN3c3ncnc4[nH]cc(C#N)c34)n(-c3ccccc3)c(=O)c12.CO.N#Cc1c[nH]c2ncnc(N3CC[C@H]3c3nn4ccc(Br)c4c(=O)n3-c3ccccc3)c12.S.S.S. The van der Waals surface area contributed by atoms with Crippen LogP contribution in [0.1, 0.15) is 117 Å². The molecule has 0 spiro atoms. The second-order valence-electron chi connectivity index (χ2n) is 27.3. The van der Waals surface area contributed by atoms with Crippen molar-refractivity contribution in [1.82, 2.24) is 87.4 Å². The van der Waals surface area contributed by atoms with Crippen molar-refractivity contribution in [2.24, 2.45) is 0 Å². The van der Waals surface area contributed by atoms with Gasteiger partial charge in [0, 0.05) is 69.5 Å². The lowest BCUT2D eigenvalue weighted by molar-refractivity contribution is 0.00578. The van der Waals surface area contributed by atoms with E-state index in [1.807, 2.05) is 150 Å². The molecule has 15 aromatic rings. The lowest BCUT2D eigenvalue weighted by Gasteiger charge is -2.42. The summed E-state index contributed by atoms with van der Waals surface area (Å²) in [5, 5.41) is 52.3. The van der Waals surface area contributed by atoms with Gasteiger partial charge in [-0.1, -0.05) is 80.2 Å². The predicted octanol–water partition coefficient (Wildman–Crippen LogP) is 11.5. The van der Waals surface area contributed by atoms with E-state index in [0.29, 0.717) is 106 Å². The maximum atomic E-state index is 13.8. The molecule has 0 saturated carbocycles. The highest BCUT2D eigenvalue weighted by atomic mass is 79.9. The Labute approximate surface area is 681 Å². The minimum absolute atomic E-state index is 0. The van der Waals surface area contributed by atoms with Crippen molar-refractivity contribution in [2.75, 3.05) is 41.4 Å². The Balaban J connectivity index is 0.000000145. The van der Waals surface area contributed by atoms with Gasteiger partial charge in [-0.05, 0) is 129 Å². The zero-order valence-electron chi connectivity index (χ0n) is 62.7. The first-order valence-corrected chi connectivity index (χ1v) is 36.5. The number of H-pyrrole nitrogens is 3. The van der Waals surface area contributed by atoms with Crippen LogP contribution in [-0.4, -0.2) is 138 Å². The van der Waals surface area contributed by atoms with Crippen molar-refractivity contribution < 1.29 is 14.4 Å². The van der Waals surface area contributed by atoms with E-state index >= 15 is 0 Å². The van der Waals surface area contributed by atoms with E-state index in [-0.39, 0.29) is 93.6 Å². The van der Waals surface area contributed by atoms with E-state index in [4.69, 9.17) is 29.7 Å². The molecule has 0 bridgehead atoms. The molecule has 35 heteroatoms. The number of hydrogen-bond donors (Lipinski definition) is 4. The minimum atomic E-state index is -0.250. The van der Waals surface area contributed by atoms with Gasteiger partial charge in [0.15, 0.2) is 17.5 Å². The molecule has 0 amide bonds. The molecule has 4 N–H and O–H groups in total. The molecule has 578 valence electrons. The van der Waals surface area contributed by atoms with E-state index in [1.165, 1.54) is 19.0 Å². The standard InChI is InChI=1S/C24H20N8O.C24H18N8O.C22H15BrN8O.C8H15BO2.CH4O.3H2S/c2*1-2-15-8-11-31-20(15)24(33)32(17-6-4-3-5-7-17)22(29-31)18-9-10-30(18)23-19-16(12-25)13-26-21(19)27-14-28-23;23-15-6-9-30-18(15)22(32)31(14-4-2-1-3-5-14)20(28-30)16-7-8-29(16)21-17-13(10-24)11-25-19(17)26-12-27-21;1-6-9-10-7(2,3)8(4,5)11-9;1-2;;;/h3-8,11,13-14,18H,2,9-10H2,1H3,(H,26,27,28);2-8,11,13-14,18H,1,9-10H2,(H,26,27,28);1-6,9,11-12,16H,7-8H2,(H,25,26,27);6H,1H2,2-5H3;2H,1H3;3*1H2/t2*18-;16-;;;;;/m000...../s1. The zero-order chi connectivity index (χ0) is 77.6. The molecular formula is C79H78BBrN24O6S3. The van der Waals surface area contributed by atoms with Crippen molar-refractivity contribution in [2.45, 2.75) is 89.6 Å². The lowest BCUT2D eigenvalue weighted by Crippen LogP contribution is -2.45. The Morgan fingerprint density at radius 1 is 0.518 bits per heavy atom. The molecule has 12 aromatic heterocycles. The number of nitrogens with zero attached hydrogens (tertiary/aromatic N) is 21. The smallest absolute Gasteiger partial charge is 0.400 e. The van der Waals surface area contributed by atoms with Crippen molar-refractivity contribution in [3.8, 4) is 35.3 Å². The predicted molar refractivity (Wildman–Crippen MR) is 455 cm³/mol. The topological polar surface area (TPSA) is 362 Å². The van der Waals surface area contributed by atoms with Crippen LogP contribution in [-0.2, 0) is 15.7 Å². The minimum Gasteiger partial charge on any atom is -0.400 e. The molecule has 4 saturated heterocycles. The molecular weight excluding hydrogens is 1570 g/mol. The molecule has 4 aliphatic rings. The van der Waals surface area contributed by atoms with Crippen LogP contribution in [0.3, 0.4) is 0 Å². The summed E-state index contributed by atoms with van der Waals surface area (Å²) >= 11 is 3.47. The summed E-state index contributed by atoms with van der Waals surface area (Å²) in [6.45, 7) is 19.8. The van der Waals surface area contributed by atoms with Crippen molar-refractivity contribution in [3.05, 3.63) is 265 Å². The van der Waals surface area contributed by atoms with Gasteiger partial charge in [-0.2, -0.15) is 71.6 Å². The summed E-state index contributed by atoms with van der Waals surface area (Å²) in [7, 11) is 0.750. The van der Waals surface area contributed by atoms with Crippen molar-refractivity contribution >= 4 is 137 Å². The number of aliphatic hydroxyl groups excluding tert-OH is 1. The maximum absolute atomic E-state index is 13.8. The van der Waals surface area contributed by atoms with Gasteiger partial charge in [0.05, 0.1) is 83.7 Å². The molecule has 0 unspecified atom stereocenters. The number of hydrogen-bond acceptors (Lipinski definition) is 21. The highest BCUT2D eigenvalue weighted by Crippen LogP contribution is 2.44. The number of para-hydroxylation sites is 3. The van der Waals surface area contributed by atoms with Crippen LogP contribution in [0.2, 0.25) is 0 Å². The van der Waals surface area contributed by atoms with Gasteiger partial charge < -0.3 is 44.1 Å². The van der Waals surface area contributed by atoms with Crippen molar-refractivity contribution in [1.29, 1.82) is 15.8 Å². The van der Waals surface area contributed by atoms with Gasteiger partial charge in [0.2, 0.25) is 0 Å². The van der Waals surface area contributed by atoms with Crippen LogP contribution < -0.4 is 31.4 Å². The van der Waals surface area contributed by atoms with Gasteiger partial charge in [0.1, 0.15) is 88.1 Å². The number of benzene rings is 3. The maximum Gasteiger partial charge on any atom is 0.486 e. The number of nitrogens with one attached hydrogen (secondary N) is 3. The molecule has 114 heavy (non-hydrogen) atoms. The largest absolute Gasteiger partial charge is 0.486 e. The number of aromatic amines is 3. The molecule has 3 atom stereocenters. The van der Waals surface area contributed by atoms with Gasteiger partial charge in [0.25, 0.3) is 16.7 Å². The summed E-state index contributed by atoms with van der Waals surface area (Å²) in [6.07, 6.45) is 19.6. The number of aryl methyl sites for hydroxylation is 1. The molecule has 30 nitrogen and oxygen atoms in total. The average Bonchev–Trinajstić information content (AvgIpc) is 1.26. The van der Waals surface area contributed by atoms with Crippen LogP contribution in [0.15, 0.2) is 203 Å². The Kier molecular flexibility index (Phi) is 23.8. The highest BCUT2D eigenvalue weighted by Gasteiger charge is 2.50. The molecule has 4 aliphatic heterocycles. The van der Waals surface area contributed by atoms with Crippen LogP contribution in [0.4, 0.5) is 17.5 Å². The van der Waals surface area contributed by atoms with Gasteiger partial charge in [-0.3, -0.25) is 28.1 Å². The lowest BCUT2D eigenvalue weighted by atomic mass is 9.90. The average molecular weight is 1650 g/mol. The molecule has 19 rings (SSSR count). The number of aromatic nitrogens is 18. The van der Waals surface area contributed by atoms with Crippen LogP contribution in [0, 0.1) is 34.0 Å². The number of fused-ring (bicyclic) bond motifs is 6. The van der Waals surface area contributed by atoms with Crippen LogP contribution in [0.25, 0.3) is 72.8 Å². The summed E-state index contributed by atoms with van der Waals surface area (Å²) in [6, 6.07) is 40.3. The fourth-order valence-corrected chi connectivity index (χ4v) is 14.8. The summed E-state index contributed by atoms with van der Waals surface area (Å²) < 4.78 is 21.8. The Bertz CT molecular complexity index is 6420. The Hall–Kier alpha value is -12.4. The van der Waals surface area contributed by atoms with E-state index in [1.54, 1.807) is 70.3 Å². The monoisotopic (exact) mass is 1640 g/mol. The number of halogens is 1. The van der Waals surface area contributed by atoms with E-state index < -0.39 is 0 Å². The molecule has 0 radical (unpaired) electrons. The molecule has 16 heterocycles. The zero-order valence-corrected chi connectivity index (χ0v) is 67.3. The summed E-state index contributed by atoms with van der Waals surface area (Å²) in [5.41, 5.74) is 7.93. The quantitative estimate of drug-likeness (QED) is 0.0825. The first-order valence-electron chi connectivity index (χ1n) is 35.7. The second kappa shape index (κ2) is 33.5. The summed E-state index contributed by atoms with van der Waals surface area (Å²) in [4.78, 5) is 82.6. The normalized spacial score (nSPS) is 16.1. The number of nitriles is 3. The first kappa shape index (κ1) is 81.1. The molecule has 4 fully saturated rings. The second-order valence-corrected chi connectivity index (χ2v) is 28.1. The van der Waals surface area contributed by atoms with Crippen LogP contribution in [0.5, 0.6) is 0 Å². The van der Waals surface area contributed by atoms with Gasteiger partial charge in [-0.25, -0.2) is 43.5 Å².